The molecule has 0 atom stereocenters. The summed E-state index contributed by atoms with van der Waals surface area (Å²) < 4.78 is 1.80. The molecule has 7 nitrogen and oxygen atoms in total. The lowest BCUT2D eigenvalue weighted by Gasteiger charge is -2.35. The lowest BCUT2D eigenvalue weighted by Crippen LogP contribution is -2.53. The summed E-state index contributed by atoms with van der Waals surface area (Å²) in [5, 5.41) is 15.6. The van der Waals surface area contributed by atoms with Gasteiger partial charge in [-0.05, 0) is 42.2 Å². The summed E-state index contributed by atoms with van der Waals surface area (Å²) in [6, 6.07) is 13.8. The van der Waals surface area contributed by atoms with Crippen molar-refractivity contribution in [1.82, 2.24) is 19.6 Å². The Morgan fingerprint density at radius 1 is 0.933 bits per heavy atom. The lowest BCUT2D eigenvalue weighted by molar-refractivity contribution is -0.143. The third kappa shape index (κ3) is 3.35. The van der Waals surface area contributed by atoms with E-state index in [2.05, 4.69) is 23.3 Å². The molecule has 1 saturated heterocycles. The molecule has 5 rings (SSSR count). The summed E-state index contributed by atoms with van der Waals surface area (Å²) in [4.78, 5) is 28.6. The smallest absolute Gasteiger partial charge is 0.254 e. The molecule has 1 aliphatic carbocycles. The molecule has 2 aliphatic rings. The van der Waals surface area contributed by atoms with Crippen molar-refractivity contribution in [3.05, 3.63) is 54.2 Å². The minimum absolute atomic E-state index is 0.0287. The number of hydrogen-bond acceptors (Lipinski definition) is 4. The van der Waals surface area contributed by atoms with Gasteiger partial charge in [0.1, 0.15) is 5.60 Å². The fourth-order valence-corrected chi connectivity index (χ4v) is 4.05. The van der Waals surface area contributed by atoms with Crippen LogP contribution >= 0.6 is 0 Å². The number of carbonyl (C=O) groups is 2. The number of aromatic nitrogens is 2. The van der Waals surface area contributed by atoms with Gasteiger partial charge in [0.25, 0.3) is 11.8 Å². The zero-order valence-electron chi connectivity index (χ0n) is 16.9. The highest BCUT2D eigenvalue weighted by Crippen LogP contribution is 2.37. The maximum atomic E-state index is 12.9. The van der Waals surface area contributed by atoms with Crippen molar-refractivity contribution in [3.8, 4) is 11.1 Å². The van der Waals surface area contributed by atoms with Gasteiger partial charge in [0.15, 0.2) is 0 Å². The van der Waals surface area contributed by atoms with Crippen LogP contribution in [-0.4, -0.2) is 68.3 Å². The van der Waals surface area contributed by atoms with Crippen molar-refractivity contribution in [2.24, 2.45) is 7.05 Å². The SMILES string of the molecule is Cn1cc2ccc(-c3ccc(C(=O)N4CCN(C(=O)C5(O)CC5)CC4)cc3)cc2n1. The molecular formula is C23H24N4O3. The van der Waals surface area contributed by atoms with Gasteiger partial charge < -0.3 is 14.9 Å². The number of nitrogens with zero attached hydrogens (tertiary/aromatic N) is 4. The zero-order valence-corrected chi connectivity index (χ0v) is 16.9. The van der Waals surface area contributed by atoms with Crippen LogP contribution < -0.4 is 0 Å². The minimum atomic E-state index is -1.14. The Kier molecular flexibility index (Phi) is 4.36. The molecule has 1 saturated carbocycles. The van der Waals surface area contributed by atoms with Crippen molar-refractivity contribution in [2.45, 2.75) is 18.4 Å². The van der Waals surface area contributed by atoms with Crippen LogP contribution in [0, 0.1) is 0 Å². The van der Waals surface area contributed by atoms with Gasteiger partial charge in [0.05, 0.1) is 5.52 Å². The Morgan fingerprint density at radius 2 is 1.57 bits per heavy atom. The van der Waals surface area contributed by atoms with Crippen LogP contribution in [0.25, 0.3) is 22.0 Å². The van der Waals surface area contributed by atoms with E-state index >= 15 is 0 Å². The zero-order chi connectivity index (χ0) is 20.9. The fraction of sp³-hybridized carbons (Fsp3) is 0.348. The number of aryl methyl sites for hydroxylation is 1. The number of aliphatic hydroxyl groups is 1. The first kappa shape index (κ1) is 18.8. The Morgan fingerprint density at radius 3 is 2.23 bits per heavy atom. The molecule has 3 aromatic rings. The van der Waals surface area contributed by atoms with E-state index in [-0.39, 0.29) is 11.8 Å². The van der Waals surface area contributed by atoms with E-state index in [1.165, 1.54) is 0 Å². The maximum Gasteiger partial charge on any atom is 0.254 e. The van der Waals surface area contributed by atoms with Gasteiger partial charge in [-0.15, -0.1) is 0 Å². The highest BCUT2D eigenvalue weighted by atomic mass is 16.3. The van der Waals surface area contributed by atoms with Crippen molar-refractivity contribution >= 4 is 22.7 Å². The monoisotopic (exact) mass is 404 g/mol. The number of piperazine rings is 1. The van der Waals surface area contributed by atoms with E-state index in [0.29, 0.717) is 44.6 Å². The normalized spacial score (nSPS) is 17.9. The molecule has 0 bridgehead atoms. The maximum absolute atomic E-state index is 12.9. The van der Waals surface area contributed by atoms with Crippen LogP contribution in [0.4, 0.5) is 0 Å². The molecule has 2 heterocycles. The molecule has 0 radical (unpaired) electrons. The van der Waals surface area contributed by atoms with Crippen LogP contribution in [0.2, 0.25) is 0 Å². The first-order valence-electron chi connectivity index (χ1n) is 10.3. The summed E-state index contributed by atoms with van der Waals surface area (Å²) in [6.45, 7) is 1.90. The molecule has 154 valence electrons. The van der Waals surface area contributed by atoms with E-state index in [4.69, 9.17) is 0 Å². The van der Waals surface area contributed by atoms with Gasteiger partial charge in [-0.3, -0.25) is 14.3 Å². The average Bonchev–Trinajstić information content (AvgIpc) is 3.41. The molecule has 1 aromatic heterocycles. The van der Waals surface area contributed by atoms with Crippen molar-refractivity contribution in [2.75, 3.05) is 26.2 Å². The first-order valence-corrected chi connectivity index (χ1v) is 10.3. The van der Waals surface area contributed by atoms with Crippen molar-refractivity contribution in [1.29, 1.82) is 0 Å². The van der Waals surface area contributed by atoms with Crippen LogP contribution in [-0.2, 0) is 11.8 Å². The Balaban J connectivity index is 1.26. The van der Waals surface area contributed by atoms with E-state index in [9.17, 15) is 14.7 Å². The van der Waals surface area contributed by atoms with Crippen LogP contribution in [0.15, 0.2) is 48.7 Å². The van der Waals surface area contributed by atoms with E-state index in [1.807, 2.05) is 37.5 Å². The fourth-order valence-electron chi connectivity index (χ4n) is 4.05. The van der Waals surface area contributed by atoms with Crippen LogP contribution in [0.5, 0.6) is 0 Å². The number of benzene rings is 2. The molecule has 2 amide bonds. The largest absolute Gasteiger partial charge is 0.380 e. The molecule has 7 heteroatoms. The highest BCUT2D eigenvalue weighted by Gasteiger charge is 2.50. The minimum Gasteiger partial charge on any atom is -0.380 e. The topological polar surface area (TPSA) is 78.7 Å². The number of hydrogen-bond donors (Lipinski definition) is 1. The molecular weight excluding hydrogens is 380 g/mol. The summed E-state index contributed by atoms with van der Waals surface area (Å²) in [7, 11) is 1.91. The second kappa shape index (κ2) is 6.95. The van der Waals surface area contributed by atoms with E-state index in [1.54, 1.807) is 14.5 Å². The van der Waals surface area contributed by atoms with Crippen LogP contribution in [0.1, 0.15) is 23.2 Å². The number of carbonyl (C=O) groups excluding carboxylic acids is 2. The molecule has 30 heavy (non-hydrogen) atoms. The Bertz CT molecular complexity index is 1120. The molecule has 1 aliphatic heterocycles. The summed E-state index contributed by atoms with van der Waals surface area (Å²) in [5.74, 6) is -0.220. The summed E-state index contributed by atoms with van der Waals surface area (Å²) in [5.41, 5.74) is 2.54. The van der Waals surface area contributed by atoms with Crippen molar-refractivity contribution in [3.63, 3.8) is 0 Å². The Hall–Kier alpha value is -3.19. The standard InChI is InChI=1S/C23H24N4O3/c1-25-15-19-7-6-18(14-20(19)24-25)16-2-4-17(5-3-16)21(28)26-10-12-27(13-11-26)22(29)23(30)8-9-23/h2-7,14-15,30H,8-13H2,1H3. The van der Waals surface area contributed by atoms with E-state index < -0.39 is 5.60 Å². The predicted octanol–water partition coefficient (Wildman–Crippen LogP) is 2.05. The van der Waals surface area contributed by atoms with E-state index in [0.717, 1.165) is 22.0 Å². The summed E-state index contributed by atoms with van der Waals surface area (Å²) >= 11 is 0. The first-order chi connectivity index (χ1) is 14.4. The Labute approximate surface area is 174 Å². The van der Waals surface area contributed by atoms with Gasteiger partial charge in [0, 0.05) is 50.4 Å². The predicted molar refractivity (Wildman–Crippen MR) is 113 cm³/mol. The van der Waals surface area contributed by atoms with Crippen LogP contribution in [0.3, 0.4) is 0 Å². The third-order valence-corrected chi connectivity index (χ3v) is 6.06. The van der Waals surface area contributed by atoms with Gasteiger partial charge in [-0.1, -0.05) is 24.3 Å². The lowest BCUT2D eigenvalue weighted by atomic mass is 10.0. The second-order valence-electron chi connectivity index (χ2n) is 8.27. The van der Waals surface area contributed by atoms with Gasteiger partial charge in [-0.25, -0.2) is 0 Å². The molecule has 0 unspecified atom stereocenters. The third-order valence-electron chi connectivity index (χ3n) is 6.06. The van der Waals surface area contributed by atoms with Gasteiger partial charge in [0.2, 0.25) is 0 Å². The number of fused-ring (bicyclic) bond motifs is 1. The highest BCUT2D eigenvalue weighted by molar-refractivity contribution is 5.95. The summed E-state index contributed by atoms with van der Waals surface area (Å²) in [6.07, 6.45) is 3.08. The number of rotatable bonds is 3. The van der Waals surface area contributed by atoms with Gasteiger partial charge in [-0.2, -0.15) is 5.10 Å². The molecule has 0 spiro atoms. The van der Waals surface area contributed by atoms with Gasteiger partial charge >= 0.3 is 0 Å². The quantitative estimate of drug-likeness (QED) is 0.725. The molecule has 2 aromatic carbocycles. The number of amides is 2. The molecule has 2 fully saturated rings. The second-order valence-corrected chi connectivity index (χ2v) is 8.27. The van der Waals surface area contributed by atoms with Crippen molar-refractivity contribution < 1.29 is 14.7 Å². The average molecular weight is 404 g/mol. The molecule has 1 N–H and O–H groups in total.